The van der Waals surface area contributed by atoms with Crippen LogP contribution in [0.15, 0.2) is 60.7 Å². The molecule has 2 aromatic carbocycles. The maximum absolute atomic E-state index is 11.9. The van der Waals surface area contributed by atoms with Crippen molar-refractivity contribution in [1.82, 2.24) is 0 Å². The summed E-state index contributed by atoms with van der Waals surface area (Å²) in [5.41, 5.74) is 1.15. The first kappa shape index (κ1) is 15.8. The van der Waals surface area contributed by atoms with Crippen LogP contribution in [0.3, 0.4) is 0 Å². The third-order valence-electron chi connectivity index (χ3n) is 2.42. The second-order valence-corrected chi connectivity index (χ2v) is 4.45. The first-order valence-corrected chi connectivity index (χ1v) is 6.32. The first-order valence-electron chi connectivity index (χ1n) is 6.32. The number of Topliss-reactive ketones (excluding diaryl/α,β-unsaturated/α-hetero) is 2. The van der Waals surface area contributed by atoms with E-state index in [2.05, 4.69) is 0 Å². The SMILES string of the molecule is CC(C)=O.O=C(c1ccccc1)C(O)c1ccccc1. The van der Waals surface area contributed by atoms with Gasteiger partial charge in [-0.25, -0.2) is 0 Å². The van der Waals surface area contributed by atoms with Gasteiger partial charge in [0.05, 0.1) is 0 Å². The van der Waals surface area contributed by atoms with Crippen LogP contribution >= 0.6 is 0 Å². The Balaban J connectivity index is 0.000000444. The number of carbonyl (C=O) groups is 2. The van der Waals surface area contributed by atoms with E-state index in [1.165, 1.54) is 13.8 Å². The van der Waals surface area contributed by atoms with Gasteiger partial charge in [-0.3, -0.25) is 4.79 Å². The monoisotopic (exact) mass is 270 g/mol. The van der Waals surface area contributed by atoms with Gasteiger partial charge in [0.25, 0.3) is 0 Å². The van der Waals surface area contributed by atoms with E-state index >= 15 is 0 Å². The van der Waals surface area contributed by atoms with Crippen molar-refractivity contribution in [2.24, 2.45) is 0 Å². The van der Waals surface area contributed by atoms with E-state index < -0.39 is 6.10 Å². The molecule has 0 saturated heterocycles. The molecule has 2 rings (SSSR count). The molecule has 1 unspecified atom stereocenters. The highest BCUT2D eigenvalue weighted by atomic mass is 16.3. The quantitative estimate of drug-likeness (QED) is 0.871. The average molecular weight is 270 g/mol. The molecule has 0 spiro atoms. The molecule has 1 N–H and O–H groups in total. The Kier molecular flexibility index (Phi) is 6.33. The summed E-state index contributed by atoms with van der Waals surface area (Å²) in [6, 6.07) is 17.7. The van der Waals surface area contributed by atoms with Crippen molar-refractivity contribution in [3.05, 3.63) is 71.8 Å². The standard InChI is InChI=1S/C14H12O2.C3H6O/c15-13(11-7-3-1-4-8-11)14(16)12-9-5-2-6-10-12;1-3(2)4/h1-10,13,15H;1-2H3. The second kappa shape index (κ2) is 8.02. The van der Waals surface area contributed by atoms with Crippen molar-refractivity contribution in [2.75, 3.05) is 0 Å². The Morgan fingerprint density at radius 1 is 0.850 bits per heavy atom. The molecule has 0 radical (unpaired) electrons. The fourth-order valence-electron chi connectivity index (χ4n) is 1.55. The van der Waals surface area contributed by atoms with Gasteiger partial charge in [0.1, 0.15) is 11.9 Å². The fraction of sp³-hybridized carbons (Fsp3) is 0.176. The summed E-state index contributed by atoms with van der Waals surface area (Å²) < 4.78 is 0. The van der Waals surface area contributed by atoms with E-state index in [0.29, 0.717) is 11.1 Å². The van der Waals surface area contributed by atoms with Crippen LogP contribution in [0.1, 0.15) is 35.9 Å². The van der Waals surface area contributed by atoms with Crippen molar-refractivity contribution in [1.29, 1.82) is 0 Å². The summed E-state index contributed by atoms with van der Waals surface area (Å²) in [6.07, 6.45) is -1.08. The van der Waals surface area contributed by atoms with E-state index in [4.69, 9.17) is 0 Å². The summed E-state index contributed by atoms with van der Waals surface area (Å²) in [6.45, 7) is 3.06. The van der Waals surface area contributed by atoms with Crippen LogP contribution in [-0.4, -0.2) is 16.7 Å². The minimum absolute atomic E-state index is 0.167. The molecule has 0 aliphatic heterocycles. The van der Waals surface area contributed by atoms with Crippen LogP contribution in [0.25, 0.3) is 0 Å². The fourth-order valence-corrected chi connectivity index (χ4v) is 1.55. The van der Waals surface area contributed by atoms with E-state index in [9.17, 15) is 14.7 Å². The molecule has 20 heavy (non-hydrogen) atoms. The molecule has 2 aromatic rings. The molecule has 0 heterocycles. The normalized spacial score (nSPS) is 10.9. The Morgan fingerprint density at radius 2 is 1.25 bits per heavy atom. The molecule has 0 aromatic heterocycles. The number of rotatable bonds is 3. The summed E-state index contributed by atoms with van der Waals surface area (Å²) in [5, 5.41) is 9.89. The van der Waals surface area contributed by atoms with Crippen LogP contribution in [0, 0.1) is 0 Å². The summed E-state index contributed by atoms with van der Waals surface area (Å²) in [4.78, 5) is 21.3. The molecular formula is C17H18O3. The Morgan fingerprint density at radius 3 is 1.70 bits per heavy atom. The predicted octanol–water partition coefficient (Wildman–Crippen LogP) is 3.20. The van der Waals surface area contributed by atoms with Crippen LogP contribution in [0.2, 0.25) is 0 Å². The number of carbonyl (C=O) groups excluding carboxylic acids is 2. The largest absolute Gasteiger partial charge is 0.380 e. The van der Waals surface area contributed by atoms with E-state index in [1.54, 1.807) is 48.5 Å². The lowest BCUT2D eigenvalue weighted by molar-refractivity contribution is -0.114. The lowest BCUT2D eigenvalue weighted by atomic mass is 10.0. The molecule has 0 saturated carbocycles. The molecule has 0 bridgehead atoms. The highest BCUT2D eigenvalue weighted by Gasteiger charge is 2.18. The molecule has 0 aliphatic rings. The Labute approximate surface area is 118 Å². The average Bonchev–Trinajstić information content (AvgIpc) is 2.47. The van der Waals surface area contributed by atoms with Gasteiger partial charge < -0.3 is 9.90 Å². The van der Waals surface area contributed by atoms with E-state index in [1.807, 2.05) is 12.1 Å². The number of hydrogen-bond acceptors (Lipinski definition) is 3. The molecule has 0 amide bonds. The highest BCUT2D eigenvalue weighted by molar-refractivity contribution is 5.99. The zero-order chi connectivity index (χ0) is 15.0. The van der Waals surface area contributed by atoms with Gasteiger partial charge in [0.2, 0.25) is 0 Å². The number of aliphatic hydroxyl groups excluding tert-OH is 1. The number of aliphatic hydroxyl groups is 1. The van der Waals surface area contributed by atoms with Crippen molar-refractivity contribution in [3.63, 3.8) is 0 Å². The molecule has 1 atom stereocenters. The topological polar surface area (TPSA) is 54.4 Å². The lowest BCUT2D eigenvalue weighted by Crippen LogP contribution is -2.11. The van der Waals surface area contributed by atoms with Crippen LogP contribution in [-0.2, 0) is 4.79 Å². The Bertz CT molecular complexity index is 543. The minimum atomic E-state index is -1.08. The third-order valence-corrected chi connectivity index (χ3v) is 2.42. The third kappa shape index (κ3) is 5.16. The molecule has 3 heteroatoms. The van der Waals surface area contributed by atoms with Crippen LogP contribution in [0.5, 0.6) is 0 Å². The van der Waals surface area contributed by atoms with Crippen molar-refractivity contribution in [2.45, 2.75) is 20.0 Å². The number of ketones is 2. The van der Waals surface area contributed by atoms with Crippen molar-refractivity contribution in [3.8, 4) is 0 Å². The number of hydrogen-bond donors (Lipinski definition) is 1. The Hall–Kier alpha value is -2.26. The smallest absolute Gasteiger partial charge is 0.195 e. The predicted molar refractivity (Wildman–Crippen MR) is 78.5 cm³/mol. The summed E-state index contributed by atoms with van der Waals surface area (Å²) in [7, 11) is 0. The molecule has 0 aliphatic carbocycles. The van der Waals surface area contributed by atoms with Gasteiger partial charge >= 0.3 is 0 Å². The van der Waals surface area contributed by atoms with Crippen LogP contribution in [0.4, 0.5) is 0 Å². The maximum atomic E-state index is 11.9. The van der Waals surface area contributed by atoms with Gasteiger partial charge in [-0.1, -0.05) is 60.7 Å². The zero-order valence-corrected chi connectivity index (χ0v) is 11.6. The van der Waals surface area contributed by atoms with Crippen molar-refractivity contribution < 1.29 is 14.7 Å². The molecular weight excluding hydrogens is 252 g/mol. The highest BCUT2D eigenvalue weighted by Crippen LogP contribution is 2.17. The maximum Gasteiger partial charge on any atom is 0.195 e. The summed E-state index contributed by atoms with van der Waals surface area (Å²) >= 11 is 0. The minimum Gasteiger partial charge on any atom is -0.380 e. The van der Waals surface area contributed by atoms with Gasteiger partial charge in [-0.15, -0.1) is 0 Å². The van der Waals surface area contributed by atoms with Gasteiger partial charge in [-0.05, 0) is 19.4 Å². The molecule has 0 fully saturated rings. The van der Waals surface area contributed by atoms with E-state index in [0.717, 1.165) is 0 Å². The van der Waals surface area contributed by atoms with Gasteiger partial charge in [0, 0.05) is 5.56 Å². The molecule has 3 nitrogen and oxygen atoms in total. The van der Waals surface area contributed by atoms with Crippen molar-refractivity contribution >= 4 is 11.6 Å². The summed E-state index contributed by atoms with van der Waals surface area (Å²) in [5.74, 6) is -0.105. The first-order chi connectivity index (χ1) is 9.52. The van der Waals surface area contributed by atoms with Gasteiger partial charge in [0.15, 0.2) is 5.78 Å². The van der Waals surface area contributed by atoms with E-state index in [-0.39, 0.29) is 11.6 Å². The lowest BCUT2D eigenvalue weighted by Gasteiger charge is -2.09. The molecule has 104 valence electrons. The van der Waals surface area contributed by atoms with Crippen LogP contribution < -0.4 is 0 Å². The van der Waals surface area contributed by atoms with Gasteiger partial charge in [-0.2, -0.15) is 0 Å². The zero-order valence-electron chi connectivity index (χ0n) is 11.6. The number of benzene rings is 2. The second-order valence-electron chi connectivity index (χ2n) is 4.45.